The van der Waals surface area contributed by atoms with E-state index >= 15 is 0 Å². The van der Waals surface area contributed by atoms with E-state index < -0.39 is 0 Å². The van der Waals surface area contributed by atoms with Crippen LogP contribution in [-0.4, -0.2) is 65.4 Å². The predicted octanol–water partition coefficient (Wildman–Crippen LogP) is 2.24. The van der Waals surface area contributed by atoms with E-state index in [1.807, 2.05) is 23.1 Å². The lowest BCUT2D eigenvalue weighted by Crippen LogP contribution is -2.58. The Morgan fingerprint density at radius 3 is 2.41 bits per heavy atom. The minimum Gasteiger partial charge on any atom is -0.354 e. The van der Waals surface area contributed by atoms with Gasteiger partial charge in [0.15, 0.2) is 0 Å². The molecule has 0 aromatic carbocycles. The lowest BCUT2D eigenvalue weighted by atomic mass is 9.84. The summed E-state index contributed by atoms with van der Waals surface area (Å²) in [5.74, 6) is 1.21. The molecule has 6 nitrogen and oxygen atoms in total. The van der Waals surface area contributed by atoms with Crippen LogP contribution in [0.1, 0.15) is 50.6 Å². The summed E-state index contributed by atoms with van der Waals surface area (Å²) in [7, 11) is 0. The summed E-state index contributed by atoms with van der Waals surface area (Å²) in [6.45, 7) is 3.78. The monoisotopic (exact) mass is 398 g/mol. The zero-order chi connectivity index (χ0) is 20.1. The van der Waals surface area contributed by atoms with Crippen LogP contribution in [0.25, 0.3) is 0 Å². The van der Waals surface area contributed by atoms with Gasteiger partial charge in [-0.15, -0.1) is 0 Å². The third-order valence-electron chi connectivity index (χ3n) is 7.00. The normalized spacial score (nSPS) is 22.3. The van der Waals surface area contributed by atoms with E-state index in [1.54, 1.807) is 6.20 Å². The molecule has 3 fully saturated rings. The van der Waals surface area contributed by atoms with Gasteiger partial charge in [0.1, 0.15) is 0 Å². The van der Waals surface area contributed by atoms with Gasteiger partial charge < -0.3 is 10.2 Å². The first-order chi connectivity index (χ1) is 14.2. The number of carbonyl (C=O) groups excluding carboxylic acids is 2. The summed E-state index contributed by atoms with van der Waals surface area (Å²) in [4.78, 5) is 34.4. The van der Waals surface area contributed by atoms with Gasteiger partial charge in [-0.05, 0) is 43.7 Å². The van der Waals surface area contributed by atoms with Crippen LogP contribution in [0.4, 0.5) is 0 Å². The van der Waals surface area contributed by atoms with Gasteiger partial charge in [-0.1, -0.05) is 25.3 Å². The van der Waals surface area contributed by atoms with E-state index in [1.165, 1.54) is 19.3 Å². The first-order valence-corrected chi connectivity index (χ1v) is 11.4. The second-order valence-electron chi connectivity index (χ2n) is 8.84. The van der Waals surface area contributed by atoms with Crippen molar-refractivity contribution in [2.75, 3.05) is 32.7 Å². The van der Waals surface area contributed by atoms with Gasteiger partial charge in [0.25, 0.3) is 0 Å². The van der Waals surface area contributed by atoms with Crippen molar-refractivity contribution >= 4 is 11.8 Å². The van der Waals surface area contributed by atoms with Gasteiger partial charge in [0.2, 0.25) is 11.8 Å². The summed E-state index contributed by atoms with van der Waals surface area (Å²) in [6, 6.07) is 5.84. The average Bonchev–Trinajstić information content (AvgIpc) is 3.22. The smallest absolute Gasteiger partial charge is 0.237 e. The summed E-state index contributed by atoms with van der Waals surface area (Å²) in [5.41, 5.74) is 1.01. The van der Waals surface area contributed by atoms with Crippen LogP contribution in [0.5, 0.6) is 0 Å². The van der Waals surface area contributed by atoms with Crippen molar-refractivity contribution in [1.82, 2.24) is 20.1 Å². The number of carbonyl (C=O) groups is 2. The molecule has 1 unspecified atom stereocenters. The number of hydrogen-bond donors (Lipinski definition) is 1. The Hall–Kier alpha value is -1.95. The maximum absolute atomic E-state index is 13.1. The average molecular weight is 399 g/mol. The number of hydrogen-bond acceptors (Lipinski definition) is 4. The number of nitrogens with zero attached hydrogens (tertiary/aromatic N) is 3. The lowest BCUT2D eigenvalue weighted by molar-refractivity contribution is -0.141. The topological polar surface area (TPSA) is 65.5 Å². The van der Waals surface area contributed by atoms with Crippen LogP contribution in [0.15, 0.2) is 24.4 Å². The number of rotatable bonds is 7. The molecule has 4 rings (SSSR count). The van der Waals surface area contributed by atoms with E-state index in [-0.39, 0.29) is 17.9 Å². The lowest BCUT2D eigenvalue weighted by Gasteiger charge is -2.42. The molecule has 0 radical (unpaired) electrons. The van der Waals surface area contributed by atoms with Crippen LogP contribution in [0.3, 0.4) is 0 Å². The Morgan fingerprint density at radius 1 is 1.03 bits per heavy atom. The van der Waals surface area contributed by atoms with E-state index in [2.05, 4.69) is 15.2 Å². The minimum atomic E-state index is -0.0535. The molecule has 2 saturated carbocycles. The molecule has 1 aromatic rings. The molecule has 1 aliphatic heterocycles. The number of amides is 2. The van der Waals surface area contributed by atoms with E-state index in [0.29, 0.717) is 18.4 Å². The summed E-state index contributed by atoms with van der Waals surface area (Å²) in [5, 5.41) is 3.17. The van der Waals surface area contributed by atoms with Gasteiger partial charge in [-0.3, -0.25) is 19.5 Å². The fraction of sp³-hybridized carbons (Fsp3) is 0.696. The Bertz CT molecular complexity index is 677. The molecule has 29 heavy (non-hydrogen) atoms. The zero-order valence-corrected chi connectivity index (χ0v) is 17.4. The first kappa shape index (κ1) is 20.3. The fourth-order valence-electron chi connectivity index (χ4n) is 5.05. The maximum Gasteiger partial charge on any atom is 0.237 e. The van der Waals surface area contributed by atoms with Crippen molar-refractivity contribution in [3.63, 3.8) is 0 Å². The number of piperazine rings is 1. The predicted molar refractivity (Wildman–Crippen MR) is 112 cm³/mol. The number of aromatic nitrogens is 1. The molecule has 3 aliphatic rings. The van der Waals surface area contributed by atoms with Crippen LogP contribution in [0.2, 0.25) is 0 Å². The molecule has 2 aliphatic carbocycles. The maximum atomic E-state index is 13.1. The third kappa shape index (κ3) is 4.97. The summed E-state index contributed by atoms with van der Waals surface area (Å²) < 4.78 is 0. The molecule has 2 amide bonds. The molecule has 0 spiro atoms. The number of pyridine rings is 1. The first-order valence-electron chi connectivity index (χ1n) is 11.4. The van der Waals surface area contributed by atoms with Crippen molar-refractivity contribution in [3.05, 3.63) is 30.1 Å². The van der Waals surface area contributed by atoms with Crippen LogP contribution in [0, 0.1) is 11.8 Å². The summed E-state index contributed by atoms with van der Waals surface area (Å²) in [6.07, 6.45) is 10.6. The quantitative estimate of drug-likeness (QED) is 0.765. The molecule has 2 heterocycles. The highest BCUT2D eigenvalue weighted by Crippen LogP contribution is 2.32. The van der Waals surface area contributed by atoms with Crippen molar-refractivity contribution < 1.29 is 9.59 Å². The second kappa shape index (κ2) is 9.70. The molecule has 1 aromatic heterocycles. The molecule has 1 N–H and O–H groups in total. The standard InChI is InChI=1S/C23H34N4O2/c28-22(25-13-11-20-10-3-4-12-24-20)21(18-6-1-2-7-18)26-14-16-27(17-15-26)23(29)19-8-5-9-19/h3-4,10,12,18-19,21H,1-2,5-9,11,13-17H2,(H,25,28). The van der Waals surface area contributed by atoms with Gasteiger partial charge in [-0.25, -0.2) is 0 Å². The number of nitrogens with one attached hydrogen (secondary N) is 1. The zero-order valence-electron chi connectivity index (χ0n) is 17.4. The molecular weight excluding hydrogens is 364 g/mol. The van der Waals surface area contributed by atoms with Crippen molar-refractivity contribution in [1.29, 1.82) is 0 Å². The van der Waals surface area contributed by atoms with Crippen molar-refractivity contribution in [2.24, 2.45) is 11.8 Å². The van der Waals surface area contributed by atoms with Gasteiger partial charge in [0.05, 0.1) is 6.04 Å². The van der Waals surface area contributed by atoms with Crippen LogP contribution >= 0.6 is 0 Å². The van der Waals surface area contributed by atoms with Crippen LogP contribution < -0.4 is 5.32 Å². The SMILES string of the molecule is O=C(NCCc1ccccn1)C(C1CCCC1)N1CCN(C(=O)C2CCC2)CC1. The highest BCUT2D eigenvalue weighted by atomic mass is 16.2. The molecule has 1 saturated heterocycles. The van der Waals surface area contributed by atoms with Crippen LogP contribution in [-0.2, 0) is 16.0 Å². The van der Waals surface area contributed by atoms with E-state index in [0.717, 1.165) is 64.0 Å². The minimum absolute atomic E-state index is 0.0535. The van der Waals surface area contributed by atoms with E-state index in [4.69, 9.17) is 0 Å². The third-order valence-corrected chi connectivity index (χ3v) is 7.00. The highest BCUT2D eigenvalue weighted by molar-refractivity contribution is 5.82. The highest BCUT2D eigenvalue weighted by Gasteiger charge is 2.38. The summed E-state index contributed by atoms with van der Waals surface area (Å²) >= 11 is 0. The van der Waals surface area contributed by atoms with Gasteiger partial charge in [0, 0.05) is 57.0 Å². The molecular formula is C23H34N4O2. The van der Waals surface area contributed by atoms with Gasteiger partial charge in [-0.2, -0.15) is 0 Å². The Balaban J connectivity index is 1.32. The van der Waals surface area contributed by atoms with E-state index in [9.17, 15) is 9.59 Å². The second-order valence-corrected chi connectivity index (χ2v) is 8.84. The molecule has 0 bridgehead atoms. The molecule has 158 valence electrons. The largest absolute Gasteiger partial charge is 0.354 e. The Labute approximate surface area is 174 Å². The fourth-order valence-corrected chi connectivity index (χ4v) is 5.05. The van der Waals surface area contributed by atoms with Gasteiger partial charge >= 0.3 is 0 Å². The Morgan fingerprint density at radius 2 is 1.79 bits per heavy atom. The Kier molecular flexibility index (Phi) is 6.80. The molecule has 6 heteroatoms. The van der Waals surface area contributed by atoms with Crippen molar-refractivity contribution in [2.45, 2.75) is 57.4 Å². The van der Waals surface area contributed by atoms with Crippen molar-refractivity contribution in [3.8, 4) is 0 Å². The molecule has 1 atom stereocenters.